The van der Waals surface area contributed by atoms with Gasteiger partial charge >= 0.3 is 0 Å². The summed E-state index contributed by atoms with van der Waals surface area (Å²) in [6.07, 6.45) is 1.81. The summed E-state index contributed by atoms with van der Waals surface area (Å²) in [6, 6.07) is 8.95. The van der Waals surface area contributed by atoms with Crippen LogP contribution >= 0.6 is 0 Å². The first-order chi connectivity index (χ1) is 10.8. The summed E-state index contributed by atoms with van der Waals surface area (Å²) in [7, 11) is 1.54. The molecule has 114 valence electrons. The highest BCUT2D eigenvalue weighted by atomic mass is 16.7. The molecule has 0 aromatic heterocycles. The first-order valence-electron chi connectivity index (χ1n) is 6.83. The van der Waals surface area contributed by atoms with Gasteiger partial charge in [-0.2, -0.15) is 10.5 Å². The third kappa shape index (κ3) is 3.98. The van der Waals surface area contributed by atoms with Gasteiger partial charge in [-0.1, -0.05) is 12.1 Å². The fourth-order valence-corrected chi connectivity index (χ4v) is 2.04. The Balaban J connectivity index is 2.14. The molecule has 0 saturated carbocycles. The van der Waals surface area contributed by atoms with E-state index in [2.05, 4.69) is 0 Å². The molecular formula is C16H16N2O4. The second-order valence-electron chi connectivity index (χ2n) is 4.47. The summed E-state index contributed by atoms with van der Waals surface area (Å²) in [6.45, 7) is 1.57. The molecule has 0 spiro atoms. The van der Waals surface area contributed by atoms with Crippen molar-refractivity contribution in [1.82, 2.24) is 0 Å². The van der Waals surface area contributed by atoms with Crippen LogP contribution in [0.25, 0.3) is 6.08 Å². The second kappa shape index (κ2) is 8.04. The SMILES string of the molecule is COc1cccc(C=C(C#N)C#N)c1OCCC1OCCO1. The molecule has 1 saturated heterocycles. The summed E-state index contributed by atoms with van der Waals surface area (Å²) in [4.78, 5) is 0. The Labute approximate surface area is 129 Å². The highest BCUT2D eigenvalue weighted by molar-refractivity contribution is 5.68. The predicted octanol–water partition coefficient (Wildman–Crippen LogP) is 2.27. The van der Waals surface area contributed by atoms with Crippen LogP contribution in [0.5, 0.6) is 11.5 Å². The van der Waals surface area contributed by atoms with Crippen LogP contribution in [0.2, 0.25) is 0 Å². The quantitative estimate of drug-likeness (QED) is 0.749. The van der Waals surface area contributed by atoms with Crippen molar-refractivity contribution in [2.24, 2.45) is 0 Å². The molecule has 6 heteroatoms. The molecule has 6 nitrogen and oxygen atoms in total. The summed E-state index contributed by atoms with van der Waals surface area (Å²) < 4.78 is 21.7. The molecule has 1 aliphatic rings. The van der Waals surface area contributed by atoms with E-state index < -0.39 is 0 Å². The number of hydrogen-bond acceptors (Lipinski definition) is 6. The average Bonchev–Trinajstić information content (AvgIpc) is 3.06. The predicted molar refractivity (Wildman–Crippen MR) is 78.0 cm³/mol. The van der Waals surface area contributed by atoms with Gasteiger partial charge in [0.2, 0.25) is 0 Å². The molecule has 0 radical (unpaired) electrons. The molecule has 1 aromatic rings. The van der Waals surface area contributed by atoms with Crippen molar-refractivity contribution in [3.05, 3.63) is 29.3 Å². The summed E-state index contributed by atoms with van der Waals surface area (Å²) >= 11 is 0. The minimum absolute atomic E-state index is 0.000521. The highest BCUT2D eigenvalue weighted by Crippen LogP contribution is 2.32. The van der Waals surface area contributed by atoms with Crippen molar-refractivity contribution in [3.8, 4) is 23.6 Å². The summed E-state index contributed by atoms with van der Waals surface area (Å²) in [5, 5.41) is 17.8. The molecule has 1 aromatic carbocycles. The monoisotopic (exact) mass is 300 g/mol. The molecule has 0 amide bonds. The number of nitrogens with zero attached hydrogens (tertiary/aromatic N) is 2. The first-order valence-corrected chi connectivity index (χ1v) is 6.83. The van der Waals surface area contributed by atoms with E-state index in [0.717, 1.165) is 0 Å². The van der Waals surface area contributed by atoms with E-state index in [9.17, 15) is 0 Å². The van der Waals surface area contributed by atoms with Crippen molar-refractivity contribution in [3.63, 3.8) is 0 Å². The largest absolute Gasteiger partial charge is 0.493 e. The third-order valence-electron chi connectivity index (χ3n) is 3.06. The number of para-hydroxylation sites is 1. The van der Waals surface area contributed by atoms with Crippen LogP contribution in [0.3, 0.4) is 0 Å². The lowest BCUT2D eigenvalue weighted by molar-refractivity contribution is -0.0532. The zero-order chi connectivity index (χ0) is 15.8. The van der Waals surface area contributed by atoms with Gasteiger partial charge in [-0.05, 0) is 12.1 Å². The number of rotatable bonds is 6. The van der Waals surface area contributed by atoms with Crippen molar-refractivity contribution >= 4 is 6.08 Å². The van der Waals surface area contributed by atoms with Gasteiger partial charge in [-0.3, -0.25) is 0 Å². The minimum atomic E-state index is -0.248. The Hall–Kier alpha value is -2.54. The molecule has 1 aliphatic heterocycles. The number of ether oxygens (including phenoxy) is 4. The van der Waals surface area contributed by atoms with E-state index in [1.807, 2.05) is 12.1 Å². The van der Waals surface area contributed by atoms with Crippen LogP contribution in [-0.4, -0.2) is 33.2 Å². The molecule has 0 atom stereocenters. The van der Waals surface area contributed by atoms with E-state index in [4.69, 9.17) is 29.5 Å². The van der Waals surface area contributed by atoms with Crippen LogP contribution in [0, 0.1) is 22.7 Å². The summed E-state index contributed by atoms with van der Waals surface area (Å²) in [5.41, 5.74) is 0.617. The molecule has 1 fully saturated rings. The van der Waals surface area contributed by atoms with E-state index in [0.29, 0.717) is 43.3 Å². The van der Waals surface area contributed by atoms with Gasteiger partial charge in [0.1, 0.15) is 17.7 Å². The number of benzene rings is 1. The van der Waals surface area contributed by atoms with Crippen LogP contribution in [0.1, 0.15) is 12.0 Å². The maximum absolute atomic E-state index is 8.88. The fourth-order valence-electron chi connectivity index (χ4n) is 2.04. The Morgan fingerprint density at radius 2 is 2.05 bits per heavy atom. The number of hydrogen-bond donors (Lipinski definition) is 0. The highest BCUT2D eigenvalue weighted by Gasteiger charge is 2.17. The van der Waals surface area contributed by atoms with Crippen LogP contribution < -0.4 is 9.47 Å². The molecule has 1 heterocycles. The van der Waals surface area contributed by atoms with Gasteiger partial charge in [0.15, 0.2) is 17.8 Å². The van der Waals surface area contributed by atoms with Crippen LogP contribution in [0.4, 0.5) is 0 Å². The Bertz CT molecular complexity index is 606. The molecule has 0 bridgehead atoms. The smallest absolute Gasteiger partial charge is 0.168 e. The third-order valence-corrected chi connectivity index (χ3v) is 3.06. The number of methoxy groups -OCH3 is 1. The average molecular weight is 300 g/mol. The van der Waals surface area contributed by atoms with Gasteiger partial charge in [0.25, 0.3) is 0 Å². The van der Waals surface area contributed by atoms with E-state index in [1.54, 1.807) is 18.2 Å². The maximum Gasteiger partial charge on any atom is 0.168 e. The van der Waals surface area contributed by atoms with Crippen molar-refractivity contribution < 1.29 is 18.9 Å². The van der Waals surface area contributed by atoms with Gasteiger partial charge in [0, 0.05) is 12.0 Å². The Kier molecular flexibility index (Phi) is 5.79. The molecule has 0 N–H and O–H groups in total. The normalized spacial score (nSPS) is 14.0. The molecular weight excluding hydrogens is 284 g/mol. The minimum Gasteiger partial charge on any atom is -0.493 e. The topological polar surface area (TPSA) is 84.5 Å². The molecule has 22 heavy (non-hydrogen) atoms. The standard InChI is InChI=1S/C16H16N2O4/c1-19-14-4-2-3-13(9-12(10-17)11-18)16(14)22-6-5-15-20-7-8-21-15/h2-4,9,15H,5-8H2,1H3. The summed E-state index contributed by atoms with van der Waals surface area (Å²) in [5.74, 6) is 1.03. The molecule has 0 unspecified atom stereocenters. The van der Waals surface area contributed by atoms with Gasteiger partial charge in [-0.25, -0.2) is 0 Å². The van der Waals surface area contributed by atoms with Crippen molar-refractivity contribution in [2.45, 2.75) is 12.7 Å². The Morgan fingerprint density at radius 3 is 2.68 bits per heavy atom. The van der Waals surface area contributed by atoms with Gasteiger partial charge in [-0.15, -0.1) is 0 Å². The molecule has 0 aliphatic carbocycles. The fraction of sp³-hybridized carbons (Fsp3) is 0.375. The lowest BCUT2D eigenvalue weighted by atomic mass is 10.1. The zero-order valence-electron chi connectivity index (χ0n) is 12.2. The van der Waals surface area contributed by atoms with Crippen molar-refractivity contribution in [1.29, 1.82) is 10.5 Å². The lowest BCUT2D eigenvalue weighted by Gasteiger charge is -2.15. The number of nitriles is 2. The van der Waals surface area contributed by atoms with E-state index >= 15 is 0 Å². The first kappa shape index (κ1) is 15.8. The lowest BCUT2D eigenvalue weighted by Crippen LogP contribution is -2.13. The molecule has 2 rings (SSSR count). The zero-order valence-corrected chi connectivity index (χ0v) is 12.2. The second-order valence-corrected chi connectivity index (χ2v) is 4.47. The number of allylic oxidation sites excluding steroid dienone is 1. The maximum atomic E-state index is 8.88. The van der Waals surface area contributed by atoms with Crippen molar-refractivity contribution in [2.75, 3.05) is 26.9 Å². The van der Waals surface area contributed by atoms with E-state index in [1.165, 1.54) is 13.2 Å². The van der Waals surface area contributed by atoms with Gasteiger partial charge in [0.05, 0.1) is 26.9 Å². The van der Waals surface area contributed by atoms with Crippen LogP contribution in [0.15, 0.2) is 23.8 Å². The van der Waals surface area contributed by atoms with Crippen LogP contribution in [-0.2, 0) is 9.47 Å². The van der Waals surface area contributed by atoms with E-state index in [-0.39, 0.29) is 11.9 Å². The van der Waals surface area contributed by atoms with Gasteiger partial charge < -0.3 is 18.9 Å². The Morgan fingerprint density at radius 1 is 1.32 bits per heavy atom.